The van der Waals surface area contributed by atoms with E-state index >= 15 is 0 Å². The Balaban J connectivity index is 1.94. The van der Waals surface area contributed by atoms with Crippen molar-refractivity contribution in [2.75, 3.05) is 11.9 Å². The van der Waals surface area contributed by atoms with Crippen LogP contribution in [0, 0.1) is 18.2 Å². The molecule has 0 aliphatic carbocycles. The van der Waals surface area contributed by atoms with Crippen LogP contribution in [-0.4, -0.2) is 18.4 Å². The van der Waals surface area contributed by atoms with Crippen LogP contribution >= 0.6 is 11.6 Å². The monoisotopic (exact) mass is 376 g/mol. The molecule has 0 fully saturated rings. The van der Waals surface area contributed by atoms with Gasteiger partial charge in [-0.1, -0.05) is 35.9 Å². The molecule has 2 N–H and O–H groups in total. The molecule has 0 unspecified atom stereocenters. The summed E-state index contributed by atoms with van der Waals surface area (Å²) < 4.78 is 13.6. The van der Waals surface area contributed by atoms with Crippen molar-refractivity contribution in [3.05, 3.63) is 64.4 Å². The maximum Gasteiger partial charge on any atom is 0.239 e. The van der Waals surface area contributed by atoms with Crippen LogP contribution in [0.15, 0.2) is 42.5 Å². The zero-order chi connectivity index (χ0) is 19.3. The van der Waals surface area contributed by atoms with Crippen molar-refractivity contribution in [3.8, 4) is 0 Å². The summed E-state index contributed by atoms with van der Waals surface area (Å²) in [5.74, 6) is -1.18. The van der Waals surface area contributed by atoms with Gasteiger partial charge in [-0.05, 0) is 56.5 Å². The molecule has 0 aromatic heterocycles. The third kappa shape index (κ3) is 4.82. The van der Waals surface area contributed by atoms with Crippen molar-refractivity contribution in [3.63, 3.8) is 0 Å². The molecule has 2 amide bonds. The molecule has 26 heavy (non-hydrogen) atoms. The first kappa shape index (κ1) is 19.9. The smallest absolute Gasteiger partial charge is 0.239 e. The van der Waals surface area contributed by atoms with Crippen LogP contribution in [0.1, 0.15) is 25.0 Å². The summed E-state index contributed by atoms with van der Waals surface area (Å²) in [5.41, 5.74) is 0.657. The standard InChI is InChI=1S/C20H22ClFN2O2/c1-13-8-9-15(12-16(13)21)24-19(26)20(2,3)18(25)23-11-10-14-6-4-5-7-17(14)22/h4-9,12H,10-11H2,1-3H3,(H,23,25)(H,24,26). The first-order valence-corrected chi connectivity index (χ1v) is 8.69. The highest BCUT2D eigenvalue weighted by molar-refractivity contribution is 6.31. The summed E-state index contributed by atoms with van der Waals surface area (Å²) in [4.78, 5) is 24.9. The predicted octanol–water partition coefficient (Wildman–Crippen LogP) is 4.11. The molecule has 0 bridgehead atoms. The van der Waals surface area contributed by atoms with Gasteiger partial charge in [0.05, 0.1) is 0 Å². The average molecular weight is 377 g/mol. The molecule has 0 spiro atoms. The Bertz CT molecular complexity index is 821. The van der Waals surface area contributed by atoms with Crippen molar-refractivity contribution >= 4 is 29.1 Å². The van der Waals surface area contributed by atoms with E-state index in [0.29, 0.717) is 22.7 Å². The summed E-state index contributed by atoms with van der Waals surface area (Å²) in [7, 11) is 0. The van der Waals surface area contributed by atoms with Crippen molar-refractivity contribution in [1.29, 1.82) is 0 Å². The van der Waals surface area contributed by atoms with Crippen LogP contribution in [0.2, 0.25) is 5.02 Å². The van der Waals surface area contributed by atoms with Gasteiger partial charge in [-0.3, -0.25) is 9.59 Å². The van der Waals surface area contributed by atoms with E-state index in [1.54, 1.807) is 36.4 Å². The zero-order valence-corrected chi connectivity index (χ0v) is 15.8. The molecular formula is C20H22ClFN2O2. The van der Waals surface area contributed by atoms with E-state index in [1.165, 1.54) is 19.9 Å². The molecule has 0 aliphatic rings. The lowest BCUT2D eigenvalue weighted by atomic mass is 9.90. The Hall–Kier alpha value is -2.40. The van der Waals surface area contributed by atoms with Crippen molar-refractivity contribution in [2.24, 2.45) is 5.41 Å². The van der Waals surface area contributed by atoms with E-state index in [1.807, 2.05) is 6.92 Å². The van der Waals surface area contributed by atoms with Crippen LogP contribution in [0.25, 0.3) is 0 Å². The highest BCUT2D eigenvalue weighted by Crippen LogP contribution is 2.23. The van der Waals surface area contributed by atoms with Gasteiger partial charge in [-0.2, -0.15) is 0 Å². The van der Waals surface area contributed by atoms with E-state index in [2.05, 4.69) is 10.6 Å². The molecular weight excluding hydrogens is 355 g/mol. The highest BCUT2D eigenvalue weighted by Gasteiger charge is 2.35. The van der Waals surface area contributed by atoms with E-state index in [0.717, 1.165) is 5.56 Å². The molecule has 6 heteroatoms. The molecule has 0 heterocycles. The molecule has 2 rings (SSSR count). The average Bonchev–Trinajstić information content (AvgIpc) is 2.59. The summed E-state index contributed by atoms with van der Waals surface area (Å²) in [5, 5.41) is 5.93. The SMILES string of the molecule is Cc1ccc(NC(=O)C(C)(C)C(=O)NCCc2ccccc2F)cc1Cl. The Kier molecular flexibility index (Phi) is 6.37. The number of benzene rings is 2. The number of carbonyl (C=O) groups is 2. The third-order valence-corrected chi connectivity index (χ3v) is 4.61. The van der Waals surface area contributed by atoms with Crippen LogP contribution in [0.5, 0.6) is 0 Å². The second-order valence-corrected chi connectivity index (χ2v) is 7.05. The van der Waals surface area contributed by atoms with E-state index < -0.39 is 17.2 Å². The van der Waals surface area contributed by atoms with Gasteiger partial charge in [-0.15, -0.1) is 0 Å². The van der Waals surface area contributed by atoms with Gasteiger partial charge in [0.25, 0.3) is 0 Å². The number of carbonyl (C=O) groups excluding carboxylic acids is 2. The molecule has 0 aliphatic heterocycles. The Morgan fingerprint density at radius 2 is 1.81 bits per heavy atom. The number of rotatable bonds is 6. The Labute approximate surface area is 157 Å². The minimum absolute atomic E-state index is 0.243. The van der Waals surface area contributed by atoms with Crippen LogP contribution in [-0.2, 0) is 16.0 Å². The van der Waals surface area contributed by atoms with Crippen LogP contribution in [0.4, 0.5) is 10.1 Å². The van der Waals surface area contributed by atoms with Gasteiger partial charge in [0, 0.05) is 17.3 Å². The van der Waals surface area contributed by atoms with Gasteiger partial charge in [0.2, 0.25) is 11.8 Å². The van der Waals surface area contributed by atoms with Crippen LogP contribution < -0.4 is 10.6 Å². The van der Waals surface area contributed by atoms with Gasteiger partial charge in [0.1, 0.15) is 11.2 Å². The first-order chi connectivity index (χ1) is 12.2. The molecule has 0 saturated heterocycles. The zero-order valence-electron chi connectivity index (χ0n) is 15.0. The fourth-order valence-electron chi connectivity index (χ4n) is 2.29. The third-order valence-electron chi connectivity index (χ3n) is 4.20. The fraction of sp³-hybridized carbons (Fsp3) is 0.300. The number of aryl methyl sites for hydroxylation is 1. The maximum absolute atomic E-state index is 13.6. The van der Waals surface area contributed by atoms with Gasteiger partial charge in [0.15, 0.2) is 0 Å². The number of amides is 2. The second-order valence-electron chi connectivity index (χ2n) is 6.64. The molecule has 0 radical (unpaired) electrons. The fourth-order valence-corrected chi connectivity index (χ4v) is 2.47. The lowest BCUT2D eigenvalue weighted by Crippen LogP contribution is -2.45. The van der Waals surface area contributed by atoms with Crippen molar-refractivity contribution in [2.45, 2.75) is 27.2 Å². The van der Waals surface area contributed by atoms with Gasteiger partial charge >= 0.3 is 0 Å². The van der Waals surface area contributed by atoms with Crippen molar-refractivity contribution in [1.82, 2.24) is 5.32 Å². The van der Waals surface area contributed by atoms with E-state index in [4.69, 9.17) is 11.6 Å². The second kappa shape index (κ2) is 8.32. The topological polar surface area (TPSA) is 58.2 Å². The lowest BCUT2D eigenvalue weighted by molar-refractivity contribution is -0.138. The van der Waals surface area contributed by atoms with Crippen molar-refractivity contribution < 1.29 is 14.0 Å². The molecule has 2 aromatic rings. The lowest BCUT2D eigenvalue weighted by Gasteiger charge is -2.23. The highest BCUT2D eigenvalue weighted by atomic mass is 35.5. The normalized spacial score (nSPS) is 11.1. The quantitative estimate of drug-likeness (QED) is 0.745. The largest absolute Gasteiger partial charge is 0.355 e. The van der Waals surface area contributed by atoms with Gasteiger partial charge in [-0.25, -0.2) is 4.39 Å². The Morgan fingerprint density at radius 3 is 2.46 bits per heavy atom. The molecule has 0 atom stereocenters. The summed E-state index contributed by atoms with van der Waals surface area (Å²) in [6, 6.07) is 11.6. The Morgan fingerprint density at radius 1 is 1.12 bits per heavy atom. The molecule has 138 valence electrons. The number of halogens is 2. The number of anilines is 1. The molecule has 2 aromatic carbocycles. The van der Waals surface area contributed by atoms with Gasteiger partial charge < -0.3 is 10.6 Å². The minimum atomic E-state index is -1.29. The predicted molar refractivity (Wildman–Crippen MR) is 102 cm³/mol. The molecule has 4 nitrogen and oxygen atoms in total. The summed E-state index contributed by atoms with van der Waals surface area (Å²) in [6.07, 6.45) is 0.351. The van der Waals surface area contributed by atoms with Crippen LogP contribution in [0.3, 0.4) is 0 Å². The maximum atomic E-state index is 13.6. The summed E-state index contributed by atoms with van der Waals surface area (Å²) in [6.45, 7) is 5.18. The number of hydrogen-bond donors (Lipinski definition) is 2. The van der Waals surface area contributed by atoms with E-state index in [-0.39, 0.29) is 12.4 Å². The minimum Gasteiger partial charge on any atom is -0.355 e. The van der Waals surface area contributed by atoms with E-state index in [9.17, 15) is 14.0 Å². The first-order valence-electron chi connectivity index (χ1n) is 8.31. The summed E-state index contributed by atoms with van der Waals surface area (Å²) >= 11 is 6.05. The number of hydrogen-bond acceptors (Lipinski definition) is 2. The number of nitrogens with one attached hydrogen (secondary N) is 2. The molecule has 0 saturated carbocycles.